The van der Waals surface area contributed by atoms with Crippen molar-refractivity contribution in [1.29, 1.82) is 0 Å². The molecule has 1 heterocycles. The zero-order valence-corrected chi connectivity index (χ0v) is 15.3. The highest BCUT2D eigenvalue weighted by atomic mass is 32.2. The van der Waals surface area contributed by atoms with Gasteiger partial charge in [-0.1, -0.05) is 13.8 Å². The highest BCUT2D eigenvalue weighted by Gasteiger charge is 2.33. The molecule has 0 aromatic carbocycles. The maximum atomic E-state index is 12.3. The molecule has 0 aromatic rings. The van der Waals surface area contributed by atoms with E-state index in [1.54, 1.807) is 0 Å². The second-order valence-electron chi connectivity index (χ2n) is 6.34. The third kappa shape index (κ3) is 5.85. The topological polar surface area (TPSA) is 91.8 Å². The molecule has 0 spiro atoms. The first-order valence-electron chi connectivity index (χ1n) is 7.33. The zero-order chi connectivity index (χ0) is 17.1. The molecule has 1 aliphatic rings. The second kappa shape index (κ2) is 7.27. The first kappa shape index (κ1) is 19.4. The molecule has 1 saturated heterocycles. The van der Waals surface area contributed by atoms with Gasteiger partial charge < -0.3 is 4.90 Å². The van der Waals surface area contributed by atoms with Gasteiger partial charge in [0, 0.05) is 19.6 Å². The van der Waals surface area contributed by atoms with Crippen molar-refractivity contribution in [3.05, 3.63) is 0 Å². The maximum Gasteiger partial charge on any atom is 0.237 e. The molecular formula is C13H26N2O5S2. The lowest BCUT2D eigenvalue weighted by Crippen LogP contribution is -2.45. The van der Waals surface area contributed by atoms with Crippen molar-refractivity contribution in [1.82, 2.24) is 9.21 Å². The van der Waals surface area contributed by atoms with E-state index in [1.807, 2.05) is 13.8 Å². The van der Waals surface area contributed by atoms with Gasteiger partial charge in [0.05, 0.1) is 24.3 Å². The normalized spacial score (nSPS) is 21.5. The molecule has 0 saturated carbocycles. The van der Waals surface area contributed by atoms with Crippen LogP contribution < -0.4 is 0 Å². The van der Waals surface area contributed by atoms with Crippen LogP contribution in [-0.2, 0) is 24.7 Å². The van der Waals surface area contributed by atoms with Crippen LogP contribution in [0.1, 0.15) is 26.7 Å². The Bertz CT molecular complexity index is 598. The Morgan fingerprint density at radius 3 is 2.32 bits per heavy atom. The van der Waals surface area contributed by atoms with Gasteiger partial charge in [0.2, 0.25) is 15.9 Å². The van der Waals surface area contributed by atoms with Crippen LogP contribution in [0, 0.1) is 5.92 Å². The summed E-state index contributed by atoms with van der Waals surface area (Å²) in [4.78, 5) is 13.6. The summed E-state index contributed by atoms with van der Waals surface area (Å²) in [7, 11) is -5.01. The monoisotopic (exact) mass is 354 g/mol. The van der Waals surface area contributed by atoms with Crippen LogP contribution in [-0.4, -0.2) is 75.9 Å². The van der Waals surface area contributed by atoms with Crippen molar-refractivity contribution in [2.75, 3.05) is 37.9 Å². The first-order chi connectivity index (χ1) is 9.92. The molecule has 0 N–H and O–H groups in total. The fourth-order valence-corrected chi connectivity index (χ4v) is 4.87. The quantitative estimate of drug-likeness (QED) is 0.639. The van der Waals surface area contributed by atoms with Crippen molar-refractivity contribution in [2.45, 2.75) is 32.7 Å². The summed E-state index contributed by atoms with van der Waals surface area (Å²) in [5, 5.41) is 0. The Morgan fingerprint density at radius 1 is 1.32 bits per heavy atom. The molecule has 0 radical (unpaired) electrons. The highest BCUT2D eigenvalue weighted by molar-refractivity contribution is 7.91. The summed E-state index contributed by atoms with van der Waals surface area (Å²) in [5.74, 6) is 0.00627. The smallest absolute Gasteiger partial charge is 0.237 e. The van der Waals surface area contributed by atoms with Crippen LogP contribution in [0.5, 0.6) is 0 Å². The molecule has 130 valence electrons. The van der Waals surface area contributed by atoms with E-state index in [0.29, 0.717) is 25.3 Å². The lowest BCUT2D eigenvalue weighted by Gasteiger charge is -2.27. The van der Waals surface area contributed by atoms with Gasteiger partial charge in [0.1, 0.15) is 0 Å². The highest BCUT2D eigenvalue weighted by Crippen LogP contribution is 2.17. The fraction of sp³-hybridized carbons (Fsp3) is 0.923. The standard InChI is InChI=1S/C13H26N2O5S2/c1-11(2)5-7-15(21(4,17)18)9-13(16)14(3)12-6-8-22(19,20)10-12/h11-12H,5-10H2,1-4H3. The van der Waals surface area contributed by atoms with E-state index in [1.165, 1.54) is 11.9 Å². The van der Waals surface area contributed by atoms with Gasteiger partial charge in [-0.15, -0.1) is 0 Å². The Balaban J connectivity index is 2.70. The molecule has 9 heteroatoms. The minimum absolute atomic E-state index is 0.0416. The summed E-state index contributed by atoms with van der Waals surface area (Å²) >= 11 is 0. The average Bonchev–Trinajstić information content (AvgIpc) is 2.71. The molecule has 0 bridgehead atoms. The van der Waals surface area contributed by atoms with Crippen molar-refractivity contribution in [2.24, 2.45) is 5.92 Å². The molecular weight excluding hydrogens is 328 g/mol. The van der Waals surface area contributed by atoms with Crippen LogP contribution in [0.4, 0.5) is 0 Å². The van der Waals surface area contributed by atoms with Gasteiger partial charge in [-0.3, -0.25) is 4.79 Å². The largest absolute Gasteiger partial charge is 0.341 e. The lowest BCUT2D eigenvalue weighted by molar-refractivity contribution is -0.131. The number of sulfone groups is 1. The Kier molecular flexibility index (Phi) is 6.40. The minimum atomic E-state index is -3.47. The molecule has 0 aliphatic carbocycles. The van der Waals surface area contributed by atoms with E-state index in [-0.39, 0.29) is 30.0 Å². The number of carbonyl (C=O) groups excluding carboxylic acids is 1. The zero-order valence-electron chi connectivity index (χ0n) is 13.6. The Morgan fingerprint density at radius 2 is 1.91 bits per heavy atom. The van der Waals surface area contributed by atoms with Gasteiger partial charge in [0.15, 0.2) is 9.84 Å². The van der Waals surface area contributed by atoms with Crippen molar-refractivity contribution < 1.29 is 21.6 Å². The number of hydrogen-bond acceptors (Lipinski definition) is 5. The molecule has 1 amide bonds. The van der Waals surface area contributed by atoms with Gasteiger partial charge in [-0.05, 0) is 18.8 Å². The lowest BCUT2D eigenvalue weighted by atomic mass is 10.1. The van der Waals surface area contributed by atoms with Crippen LogP contribution in [0.25, 0.3) is 0 Å². The minimum Gasteiger partial charge on any atom is -0.341 e. The summed E-state index contributed by atoms with van der Waals surface area (Å²) in [5.41, 5.74) is 0. The predicted molar refractivity (Wildman–Crippen MR) is 85.7 cm³/mol. The number of nitrogens with zero attached hydrogens (tertiary/aromatic N) is 2. The number of sulfonamides is 1. The van der Waals surface area contributed by atoms with Gasteiger partial charge >= 0.3 is 0 Å². The SMILES string of the molecule is CC(C)CCN(CC(=O)N(C)C1CCS(=O)(=O)C1)S(C)(=O)=O. The van der Waals surface area contributed by atoms with Crippen LogP contribution >= 0.6 is 0 Å². The number of carbonyl (C=O) groups is 1. The Labute approximate surface area is 133 Å². The first-order valence-corrected chi connectivity index (χ1v) is 11.0. The van der Waals surface area contributed by atoms with E-state index >= 15 is 0 Å². The molecule has 1 unspecified atom stereocenters. The van der Waals surface area contributed by atoms with Crippen molar-refractivity contribution >= 4 is 25.8 Å². The second-order valence-corrected chi connectivity index (χ2v) is 10.6. The van der Waals surface area contributed by atoms with E-state index in [2.05, 4.69) is 0 Å². The predicted octanol–water partition coefficient (Wildman–Crippen LogP) is -0.0604. The molecule has 1 fully saturated rings. The third-order valence-electron chi connectivity index (χ3n) is 3.89. The fourth-order valence-electron chi connectivity index (χ4n) is 2.31. The molecule has 1 atom stereocenters. The molecule has 1 aliphatic heterocycles. The molecule has 1 rings (SSSR count). The van der Waals surface area contributed by atoms with Gasteiger partial charge in [-0.25, -0.2) is 16.8 Å². The van der Waals surface area contributed by atoms with Crippen molar-refractivity contribution in [3.63, 3.8) is 0 Å². The van der Waals surface area contributed by atoms with E-state index in [9.17, 15) is 21.6 Å². The number of likely N-dealkylation sites (N-methyl/N-ethyl adjacent to an activating group) is 1. The summed E-state index contributed by atoms with van der Waals surface area (Å²) in [6.45, 7) is 4.02. The number of rotatable bonds is 7. The van der Waals surface area contributed by atoms with Crippen molar-refractivity contribution in [3.8, 4) is 0 Å². The number of amides is 1. The Hall–Kier alpha value is -0.670. The molecule has 0 aromatic heterocycles. The van der Waals surface area contributed by atoms with Gasteiger partial charge in [0.25, 0.3) is 0 Å². The van der Waals surface area contributed by atoms with E-state index < -0.39 is 19.9 Å². The van der Waals surface area contributed by atoms with E-state index in [4.69, 9.17) is 0 Å². The molecule has 22 heavy (non-hydrogen) atoms. The maximum absolute atomic E-state index is 12.3. The number of hydrogen-bond donors (Lipinski definition) is 0. The summed E-state index contributed by atoms with van der Waals surface area (Å²) < 4.78 is 47.7. The molecule has 7 nitrogen and oxygen atoms in total. The van der Waals surface area contributed by atoms with Crippen LogP contribution in [0.2, 0.25) is 0 Å². The third-order valence-corrected chi connectivity index (χ3v) is 6.89. The van der Waals surface area contributed by atoms with Gasteiger partial charge in [-0.2, -0.15) is 4.31 Å². The van der Waals surface area contributed by atoms with E-state index in [0.717, 1.165) is 10.6 Å². The average molecular weight is 354 g/mol. The van der Waals surface area contributed by atoms with Crippen LogP contribution in [0.3, 0.4) is 0 Å². The summed E-state index contributed by atoms with van der Waals surface area (Å²) in [6.07, 6.45) is 2.16. The van der Waals surface area contributed by atoms with Crippen LogP contribution in [0.15, 0.2) is 0 Å². The summed E-state index contributed by atoms with van der Waals surface area (Å²) in [6, 6.07) is -0.357.